The smallest absolute Gasteiger partial charge is 0.221 e. The second kappa shape index (κ2) is 4.18. The maximum absolute atomic E-state index is 5.67. The van der Waals surface area contributed by atoms with Gasteiger partial charge in [-0.05, 0) is 12.8 Å². The van der Waals surface area contributed by atoms with Crippen LogP contribution in [0.15, 0.2) is 6.20 Å². The van der Waals surface area contributed by atoms with Crippen LogP contribution in [0.2, 0.25) is 0 Å². The SMILES string of the molecule is Nc1ncc(C#CC2CCCC2)c(N)n1. The van der Waals surface area contributed by atoms with E-state index in [9.17, 15) is 0 Å². The fourth-order valence-corrected chi connectivity index (χ4v) is 1.76. The molecule has 0 amide bonds. The van der Waals surface area contributed by atoms with E-state index < -0.39 is 0 Å². The third kappa shape index (κ3) is 2.38. The van der Waals surface area contributed by atoms with Crippen LogP contribution in [0.5, 0.6) is 0 Å². The second-order valence-corrected chi connectivity index (χ2v) is 3.78. The van der Waals surface area contributed by atoms with Gasteiger partial charge in [0.25, 0.3) is 0 Å². The van der Waals surface area contributed by atoms with Crippen molar-refractivity contribution in [3.8, 4) is 11.8 Å². The lowest BCUT2D eigenvalue weighted by atomic mass is 10.1. The first kappa shape index (κ1) is 9.78. The summed E-state index contributed by atoms with van der Waals surface area (Å²) < 4.78 is 0. The average molecular weight is 202 g/mol. The van der Waals surface area contributed by atoms with Crippen molar-refractivity contribution >= 4 is 11.8 Å². The Morgan fingerprint density at radius 3 is 2.67 bits per heavy atom. The van der Waals surface area contributed by atoms with Gasteiger partial charge in [-0.3, -0.25) is 0 Å². The lowest BCUT2D eigenvalue weighted by molar-refractivity contribution is 0.712. The van der Waals surface area contributed by atoms with Crippen LogP contribution in [0, 0.1) is 17.8 Å². The highest BCUT2D eigenvalue weighted by Crippen LogP contribution is 2.23. The van der Waals surface area contributed by atoms with Crippen LogP contribution in [0.3, 0.4) is 0 Å². The van der Waals surface area contributed by atoms with E-state index in [2.05, 4.69) is 21.8 Å². The average Bonchev–Trinajstić information content (AvgIpc) is 2.69. The summed E-state index contributed by atoms with van der Waals surface area (Å²) in [6.07, 6.45) is 6.55. The van der Waals surface area contributed by atoms with Crippen molar-refractivity contribution in [2.75, 3.05) is 11.5 Å². The highest BCUT2D eigenvalue weighted by molar-refractivity contribution is 5.51. The molecule has 15 heavy (non-hydrogen) atoms. The summed E-state index contributed by atoms with van der Waals surface area (Å²) in [5.41, 5.74) is 11.7. The molecule has 1 aliphatic carbocycles. The van der Waals surface area contributed by atoms with Crippen molar-refractivity contribution in [1.29, 1.82) is 0 Å². The van der Waals surface area contributed by atoms with Gasteiger partial charge in [0.05, 0.1) is 11.8 Å². The molecule has 1 fully saturated rings. The summed E-state index contributed by atoms with van der Waals surface area (Å²) in [4.78, 5) is 7.73. The van der Waals surface area contributed by atoms with Gasteiger partial charge in [0.1, 0.15) is 5.82 Å². The molecule has 1 aliphatic rings. The van der Waals surface area contributed by atoms with Crippen molar-refractivity contribution < 1.29 is 0 Å². The monoisotopic (exact) mass is 202 g/mol. The van der Waals surface area contributed by atoms with Gasteiger partial charge >= 0.3 is 0 Å². The van der Waals surface area contributed by atoms with Crippen LogP contribution in [0.1, 0.15) is 31.2 Å². The Kier molecular flexibility index (Phi) is 2.72. The molecule has 0 radical (unpaired) electrons. The van der Waals surface area contributed by atoms with Gasteiger partial charge < -0.3 is 11.5 Å². The largest absolute Gasteiger partial charge is 0.382 e. The van der Waals surface area contributed by atoms with Crippen molar-refractivity contribution in [3.63, 3.8) is 0 Å². The molecule has 0 atom stereocenters. The molecule has 1 aromatic heterocycles. The van der Waals surface area contributed by atoms with Gasteiger partial charge in [-0.2, -0.15) is 4.98 Å². The molecule has 4 heteroatoms. The molecule has 0 aliphatic heterocycles. The van der Waals surface area contributed by atoms with E-state index in [0.29, 0.717) is 17.3 Å². The third-order valence-electron chi connectivity index (χ3n) is 2.60. The van der Waals surface area contributed by atoms with E-state index in [1.54, 1.807) is 6.20 Å². The van der Waals surface area contributed by atoms with Crippen LogP contribution < -0.4 is 11.5 Å². The molecule has 2 rings (SSSR count). The standard InChI is InChI=1S/C11H14N4/c12-10-9(7-14-11(13)15-10)6-5-8-3-1-2-4-8/h7-8H,1-4H2,(H4,12,13,14,15). The fourth-order valence-electron chi connectivity index (χ4n) is 1.76. The second-order valence-electron chi connectivity index (χ2n) is 3.78. The Morgan fingerprint density at radius 2 is 2.00 bits per heavy atom. The van der Waals surface area contributed by atoms with Crippen molar-refractivity contribution in [1.82, 2.24) is 9.97 Å². The Labute approximate surface area is 89.1 Å². The van der Waals surface area contributed by atoms with E-state index >= 15 is 0 Å². The molecule has 0 aromatic carbocycles. The van der Waals surface area contributed by atoms with E-state index in [0.717, 1.165) is 0 Å². The Hall–Kier alpha value is -1.76. The zero-order chi connectivity index (χ0) is 10.7. The van der Waals surface area contributed by atoms with E-state index in [1.807, 2.05) is 0 Å². The molecule has 0 unspecified atom stereocenters. The van der Waals surface area contributed by atoms with Gasteiger partial charge in [0.2, 0.25) is 5.95 Å². The van der Waals surface area contributed by atoms with Gasteiger partial charge in [0.15, 0.2) is 0 Å². The van der Waals surface area contributed by atoms with Crippen molar-refractivity contribution in [2.24, 2.45) is 5.92 Å². The highest BCUT2D eigenvalue weighted by Gasteiger charge is 2.11. The Balaban J connectivity index is 2.15. The molecule has 4 nitrogen and oxygen atoms in total. The minimum absolute atomic E-state index is 0.193. The number of nitrogens with two attached hydrogens (primary N) is 2. The zero-order valence-electron chi connectivity index (χ0n) is 8.53. The van der Waals surface area contributed by atoms with Crippen LogP contribution in [-0.4, -0.2) is 9.97 Å². The molecule has 0 spiro atoms. The minimum Gasteiger partial charge on any atom is -0.382 e. The summed E-state index contributed by atoms with van der Waals surface area (Å²) in [6, 6.07) is 0. The molecule has 0 bridgehead atoms. The topological polar surface area (TPSA) is 77.8 Å². The number of nitrogen functional groups attached to an aromatic ring is 2. The predicted octanol–water partition coefficient (Wildman–Crippen LogP) is 1.18. The van der Waals surface area contributed by atoms with Gasteiger partial charge in [0, 0.05) is 5.92 Å². The molecular weight excluding hydrogens is 188 g/mol. The first-order chi connectivity index (χ1) is 7.25. The predicted molar refractivity (Wildman–Crippen MR) is 59.7 cm³/mol. The third-order valence-corrected chi connectivity index (χ3v) is 2.60. The Morgan fingerprint density at radius 1 is 1.27 bits per heavy atom. The normalized spacial score (nSPS) is 16.0. The van der Waals surface area contributed by atoms with Crippen LogP contribution in [0.4, 0.5) is 11.8 Å². The van der Waals surface area contributed by atoms with E-state index in [4.69, 9.17) is 11.5 Å². The first-order valence-corrected chi connectivity index (χ1v) is 5.15. The van der Waals surface area contributed by atoms with E-state index in [1.165, 1.54) is 25.7 Å². The highest BCUT2D eigenvalue weighted by atomic mass is 15.0. The summed E-state index contributed by atoms with van der Waals surface area (Å²) in [5, 5.41) is 0. The van der Waals surface area contributed by atoms with Crippen molar-refractivity contribution in [2.45, 2.75) is 25.7 Å². The molecule has 1 aromatic rings. The zero-order valence-corrected chi connectivity index (χ0v) is 8.53. The molecule has 4 N–H and O–H groups in total. The molecule has 0 saturated heterocycles. The first-order valence-electron chi connectivity index (χ1n) is 5.15. The molecule has 78 valence electrons. The Bertz CT molecular complexity index is 410. The summed E-state index contributed by atoms with van der Waals surface area (Å²) in [7, 11) is 0. The number of hydrogen-bond acceptors (Lipinski definition) is 4. The number of aromatic nitrogens is 2. The molecule has 1 saturated carbocycles. The summed E-state index contributed by atoms with van der Waals surface area (Å²) >= 11 is 0. The lowest BCUT2D eigenvalue weighted by Gasteiger charge is -1.98. The quantitative estimate of drug-likeness (QED) is 0.619. The molecular formula is C11H14N4. The number of hydrogen-bond donors (Lipinski definition) is 2. The van der Waals surface area contributed by atoms with Crippen LogP contribution in [0.25, 0.3) is 0 Å². The van der Waals surface area contributed by atoms with Gasteiger partial charge in [-0.1, -0.05) is 24.7 Å². The van der Waals surface area contributed by atoms with Crippen molar-refractivity contribution in [3.05, 3.63) is 11.8 Å². The number of anilines is 2. The maximum atomic E-state index is 5.67. The molecule has 1 heterocycles. The van der Waals surface area contributed by atoms with E-state index in [-0.39, 0.29) is 5.95 Å². The summed E-state index contributed by atoms with van der Waals surface area (Å²) in [6.45, 7) is 0. The minimum atomic E-state index is 0.193. The number of rotatable bonds is 0. The lowest BCUT2D eigenvalue weighted by Crippen LogP contribution is -2.01. The number of nitrogens with zero attached hydrogens (tertiary/aromatic N) is 2. The van der Waals surface area contributed by atoms with Crippen LogP contribution in [-0.2, 0) is 0 Å². The fraction of sp³-hybridized carbons (Fsp3) is 0.455. The van der Waals surface area contributed by atoms with Gasteiger partial charge in [-0.25, -0.2) is 4.98 Å². The summed E-state index contributed by atoms with van der Waals surface area (Å²) in [5.74, 6) is 7.31. The van der Waals surface area contributed by atoms with Crippen LogP contribution >= 0.6 is 0 Å². The maximum Gasteiger partial charge on any atom is 0.221 e. The van der Waals surface area contributed by atoms with Gasteiger partial charge in [-0.15, -0.1) is 0 Å².